The van der Waals surface area contributed by atoms with Gasteiger partial charge in [-0.05, 0) is 24.0 Å². The number of hydrogen-bond donors (Lipinski definition) is 0. The van der Waals surface area contributed by atoms with Crippen LogP contribution in [0, 0.1) is 0 Å². The van der Waals surface area contributed by atoms with E-state index < -0.39 is 0 Å². The predicted octanol–water partition coefficient (Wildman–Crippen LogP) is 3.77. The van der Waals surface area contributed by atoms with Gasteiger partial charge in [0.15, 0.2) is 0 Å². The third-order valence-corrected chi connectivity index (χ3v) is 3.34. The Morgan fingerprint density at radius 3 is 2.44 bits per heavy atom. The van der Waals surface area contributed by atoms with Crippen LogP contribution in [0.25, 0.3) is 0 Å². The quantitative estimate of drug-likeness (QED) is 0.617. The van der Waals surface area contributed by atoms with E-state index in [4.69, 9.17) is 4.74 Å². The second kappa shape index (κ2) is 6.26. The zero-order chi connectivity index (χ0) is 12.8. The molecule has 0 fully saturated rings. The van der Waals surface area contributed by atoms with E-state index in [0.29, 0.717) is 12.2 Å². The molecule has 0 heterocycles. The van der Waals surface area contributed by atoms with Gasteiger partial charge in [-0.1, -0.05) is 42.5 Å². The topological polar surface area (TPSA) is 26.3 Å². The molecule has 0 spiro atoms. The average molecular weight is 258 g/mol. The molecule has 0 aliphatic carbocycles. The minimum atomic E-state index is -0.274. The Morgan fingerprint density at radius 1 is 1.06 bits per heavy atom. The van der Waals surface area contributed by atoms with Crippen molar-refractivity contribution in [3.05, 3.63) is 65.7 Å². The fourth-order valence-corrected chi connectivity index (χ4v) is 2.20. The van der Waals surface area contributed by atoms with Gasteiger partial charge in [0.05, 0.1) is 5.56 Å². The van der Waals surface area contributed by atoms with Crippen LogP contribution in [-0.2, 0) is 11.3 Å². The van der Waals surface area contributed by atoms with Crippen LogP contribution in [0.1, 0.15) is 15.9 Å². The smallest absolute Gasteiger partial charge is 0.339 e. The van der Waals surface area contributed by atoms with E-state index in [1.807, 2.05) is 54.8 Å². The zero-order valence-corrected chi connectivity index (χ0v) is 10.9. The number of ether oxygens (including phenoxy) is 1. The van der Waals surface area contributed by atoms with E-state index in [2.05, 4.69) is 0 Å². The highest BCUT2D eigenvalue weighted by Crippen LogP contribution is 2.20. The van der Waals surface area contributed by atoms with E-state index >= 15 is 0 Å². The molecule has 0 aliphatic heterocycles. The summed E-state index contributed by atoms with van der Waals surface area (Å²) >= 11 is 1.54. The van der Waals surface area contributed by atoms with Crippen LogP contribution in [0.15, 0.2) is 59.5 Å². The second-order valence-corrected chi connectivity index (χ2v) is 4.61. The summed E-state index contributed by atoms with van der Waals surface area (Å²) in [5.74, 6) is -0.274. The van der Waals surface area contributed by atoms with Crippen LogP contribution in [0.4, 0.5) is 0 Å². The number of rotatable bonds is 4. The molecule has 0 atom stereocenters. The van der Waals surface area contributed by atoms with E-state index in [0.717, 1.165) is 10.5 Å². The van der Waals surface area contributed by atoms with E-state index in [1.54, 1.807) is 17.8 Å². The first-order valence-electron chi connectivity index (χ1n) is 5.65. The zero-order valence-electron chi connectivity index (χ0n) is 10.1. The Morgan fingerprint density at radius 2 is 1.72 bits per heavy atom. The van der Waals surface area contributed by atoms with Crippen molar-refractivity contribution in [3.63, 3.8) is 0 Å². The first kappa shape index (κ1) is 12.7. The minimum absolute atomic E-state index is 0.274. The number of carbonyl (C=O) groups is 1. The van der Waals surface area contributed by atoms with Gasteiger partial charge in [-0.15, -0.1) is 11.8 Å². The lowest BCUT2D eigenvalue weighted by Crippen LogP contribution is -2.06. The van der Waals surface area contributed by atoms with Crippen LogP contribution in [-0.4, -0.2) is 12.2 Å². The van der Waals surface area contributed by atoms with Gasteiger partial charge in [0, 0.05) is 4.90 Å². The molecule has 3 heteroatoms. The van der Waals surface area contributed by atoms with Crippen molar-refractivity contribution in [2.75, 3.05) is 6.26 Å². The molecule has 92 valence electrons. The van der Waals surface area contributed by atoms with E-state index in [1.165, 1.54) is 0 Å². The van der Waals surface area contributed by atoms with Crippen LogP contribution in [0.3, 0.4) is 0 Å². The van der Waals surface area contributed by atoms with Crippen molar-refractivity contribution in [1.82, 2.24) is 0 Å². The summed E-state index contributed by atoms with van der Waals surface area (Å²) < 4.78 is 5.30. The molecule has 0 aliphatic rings. The molecule has 0 unspecified atom stereocenters. The summed E-state index contributed by atoms with van der Waals surface area (Å²) in [6.07, 6.45) is 1.95. The summed E-state index contributed by atoms with van der Waals surface area (Å²) in [7, 11) is 0. The molecule has 2 aromatic carbocycles. The van der Waals surface area contributed by atoms with E-state index in [-0.39, 0.29) is 5.97 Å². The first-order chi connectivity index (χ1) is 8.81. The molecule has 0 radical (unpaired) electrons. The van der Waals surface area contributed by atoms with Crippen molar-refractivity contribution in [2.24, 2.45) is 0 Å². The highest BCUT2D eigenvalue weighted by molar-refractivity contribution is 7.98. The first-order valence-corrected chi connectivity index (χ1v) is 6.88. The van der Waals surface area contributed by atoms with Gasteiger partial charge in [-0.25, -0.2) is 4.79 Å². The maximum Gasteiger partial charge on any atom is 0.339 e. The van der Waals surface area contributed by atoms with Gasteiger partial charge in [-0.3, -0.25) is 0 Å². The van der Waals surface area contributed by atoms with Gasteiger partial charge < -0.3 is 4.74 Å². The van der Waals surface area contributed by atoms with Gasteiger partial charge in [-0.2, -0.15) is 0 Å². The summed E-state index contributed by atoms with van der Waals surface area (Å²) in [4.78, 5) is 12.9. The monoisotopic (exact) mass is 258 g/mol. The molecule has 2 nitrogen and oxygen atoms in total. The Labute approximate surface area is 111 Å². The standard InChI is InChI=1S/C15H14O2S/c1-18-14-10-6-5-9-13(14)15(16)17-11-12-7-3-2-4-8-12/h2-10H,11H2,1H3. The molecular weight excluding hydrogens is 244 g/mol. The van der Waals surface area contributed by atoms with Crippen molar-refractivity contribution < 1.29 is 9.53 Å². The fourth-order valence-electron chi connectivity index (χ4n) is 1.61. The normalized spacial score (nSPS) is 10.1. The molecule has 0 N–H and O–H groups in total. The summed E-state index contributed by atoms with van der Waals surface area (Å²) in [6.45, 7) is 0.308. The van der Waals surface area contributed by atoms with Crippen molar-refractivity contribution >= 4 is 17.7 Å². The molecule has 0 amide bonds. The SMILES string of the molecule is CSc1ccccc1C(=O)OCc1ccccc1. The molecule has 0 saturated heterocycles. The fraction of sp³-hybridized carbons (Fsp3) is 0.133. The highest BCUT2D eigenvalue weighted by Gasteiger charge is 2.11. The molecule has 2 rings (SSSR count). The molecule has 2 aromatic rings. The van der Waals surface area contributed by atoms with Crippen LogP contribution in [0.5, 0.6) is 0 Å². The largest absolute Gasteiger partial charge is 0.457 e. The van der Waals surface area contributed by atoms with Crippen molar-refractivity contribution in [2.45, 2.75) is 11.5 Å². The van der Waals surface area contributed by atoms with Crippen LogP contribution >= 0.6 is 11.8 Å². The van der Waals surface area contributed by atoms with Gasteiger partial charge in [0.1, 0.15) is 6.61 Å². The van der Waals surface area contributed by atoms with Gasteiger partial charge in [0.2, 0.25) is 0 Å². The lowest BCUT2D eigenvalue weighted by atomic mass is 10.2. The molecular formula is C15H14O2S. The third kappa shape index (κ3) is 3.14. The molecule has 0 aromatic heterocycles. The minimum Gasteiger partial charge on any atom is -0.457 e. The molecule has 18 heavy (non-hydrogen) atoms. The van der Waals surface area contributed by atoms with Crippen molar-refractivity contribution in [1.29, 1.82) is 0 Å². The number of benzene rings is 2. The van der Waals surface area contributed by atoms with Crippen LogP contribution in [0.2, 0.25) is 0 Å². The molecule has 0 saturated carbocycles. The van der Waals surface area contributed by atoms with E-state index in [9.17, 15) is 4.79 Å². The summed E-state index contributed by atoms with van der Waals surface area (Å²) in [6, 6.07) is 17.1. The predicted molar refractivity (Wildman–Crippen MR) is 73.8 cm³/mol. The van der Waals surface area contributed by atoms with Gasteiger partial charge >= 0.3 is 5.97 Å². The molecule has 0 bridgehead atoms. The number of esters is 1. The second-order valence-electron chi connectivity index (χ2n) is 3.76. The summed E-state index contributed by atoms with van der Waals surface area (Å²) in [5, 5.41) is 0. The lowest BCUT2D eigenvalue weighted by Gasteiger charge is -2.07. The van der Waals surface area contributed by atoms with Crippen LogP contribution < -0.4 is 0 Å². The maximum atomic E-state index is 12.0. The lowest BCUT2D eigenvalue weighted by molar-refractivity contribution is 0.0468. The summed E-state index contributed by atoms with van der Waals surface area (Å²) in [5.41, 5.74) is 1.62. The number of thioether (sulfide) groups is 1. The Hall–Kier alpha value is -1.74. The van der Waals surface area contributed by atoms with Gasteiger partial charge in [0.25, 0.3) is 0 Å². The third-order valence-electron chi connectivity index (χ3n) is 2.54. The van der Waals surface area contributed by atoms with Crippen molar-refractivity contribution in [3.8, 4) is 0 Å². The Kier molecular flexibility index (Phi) is 4.42. The number of hydrogen-bond acceptors (Lipinski definition) is 3. The Bertz CT molecular complexity index is 523. The maximum absolute atomic E-state index is 12.0. The highest BCUT2D eigenvalue weighted by atomic mass is 32.2. The Balaban J connectivity index is 2.04. The number of carbonyl (C=O) groups excluding carboxylic acids is 1. The average Bonchev–Trinajstić information content (AvgIpc) is 2.45.